The highest BCUT2D eigenvalue weighted by atomic mass is 19.3. The molecule has 1 heterocycles. The third kappa shape index (κ3) is 4.77. The average Bonchev–Trinajstić information content (AvgIpc) is 2.91. The number of imide groups is 1. The molecule has 1 aliphatic rings. The van der Waals surface area contributed by atoms with E-state index in [1.165, 1.54) is 24.3 Å². The van der Waals surface area contributed by atoms with E-state index in [0.29, 0.717) is 12.8 Å². The van der Waals surface area contributed by atoms with Crippen LogP contribution in [0.1, 0.15) is 29.3 Å². The van der Waals surface area contributed by atoms with Crippen LogP contribution in [0.4, 0.5) is 13.6 Å². The van der Waals surface area contributed by atoms with Gasteiger partial charge in [-0.15, -0.1) is 0 Å². The van der Waals surface area contributed by atoms with Crippen molar-refractivity contribution < 1.29 is 27.9 Å². The van der Waals surface area contributed by atoms with E-state index in [0.717, 1.165) is 10.5 Å². The largest absolute Gasteiger partial charge is 0.435 e. The molecule has 0 aliphatic carbocycles. The van der Waals surface area contributed by atoms with Gasteiger partial charge >= 0.3 is 12.6 Å². The van der Waals surface area contributed by atoms with E-state index < -0.39 is 36.4 Å². The predicted octanol–water partition coefficient (Wildman–Crippen LogP) is 3.41. The Balaban J connectivity index is 1.64. The quantitative estimate of drug-likeness (QED) is 0.542. The second-order valence-electron chi connectivity index (χ2n) is 6.97. The number of rotatable bonds is 8. The summed E-state index contributed by atoms with van der Waals surface area (Å²) in [5.41, 5.74) is 0.129. The number of nitrogens with zero attached hydrogens (tertiary/aromatic N) is 1. The summed E-state index contributed by atoms with van der Waals surface area (Å²) in [6, 6.07) is 14.0. The second kappa shape index (κ2) is 8.38. The highest BCUT2D eigenvalue weighted by molar-refractivity contribution is 6.11. The van der Waals surface area contributed by atoms with E-state index in [4.69, 9.17) is 0 Å². The number of aryl methyl sites for hydroxylation is 1. The molecular formula is C21H20F2N2O4. The van der Waals surface area contributed by atoms with Crippen molar-refractivity contribution >= 4 is 17.7 Å². The lowest BCUT2D eigenvalue weighted by Crippen LogP contribution is -2.44. The molecule has 2 aromatic rings. The molecule has 3 rings (SSSR count). The predicted molar refractivity (Wildman–Crippen MR) is 101 cm³/mol. The number of halogens is 2. The fourth-order valence-electron chi connectivity index (χ4n) is 3.16. The van der Waals surface area contributed by atoms with E-state index in [2.05, 4.69) is 10.1 Å². The van der Waals surface area contributed by atoms with E-state index >= 15 is 0 Å². The van der Waals surface area contributed by atoms with Gasteiger partial charge in [0.1, 0.15) is 11.3 Å². The molecular weight excluding hydrogens is 382 g/mol. The molecule has 8 heteroatoms. The Bertz CT molecular complexity index is 903. The maximum Gasteiger partial charge on any atom is 0.387 e. The normalized spacial score (nSPS) is 18.8. The fourth-order valence-corrected chi connectivity index (χ4v) is 3.16. The van der Waals surface area contributed by atoms with Gasteiger partial charge < -0.3 is 10.1 Å². The minimum Gasteiger partial charge on any atom is -0.435 e. The Morgan fingerprint density at radius 1 is 1.10 bits per heavy atom. The monoisotopic (exact) mass is 402 g/mol. The third-order valence-electron chi connectivity index (χ3n) is 4.80. The van der Waals surface area contributed by atoms with Crippen molar-refractivity contribution in [2.75, 3.05) is 6.54 Å². The summed E-state index contributed by atoms with van der Waals surface area (Å²) >= 11 is 0. The second-order valence-corrected chi connectivity index (χ2v) is 6.97. The molecule has 1 N–H and O–H groups in total. The lowest BCUT2D eigenvalue weighted by molar-refractivity contribution is -0.130. The molecule has 3 amide bonds. The first kappa shape index (κ1) is 20.4. The maximum atomic E-state index is 12.8. The van der Waals surface area contributed by atoms with Gasteiger partial charge in [0.25, 0.3) is 5.91 Å². The molecule has 152 valence electrons. The van der Waals surface area contributed by atoms with E-state index in [9.17, 15) is 23.2 Å². The topological polar surface area (TPSA) is 75.7 Å². The first-order valence-corrected chi connectivity index (χ1v) is 9.04. The van der Waals surface area contributed by atoms with Crippen molar-refractivity contribution in [2.45, 2.75) is 31.9 Å². The zero-order valence-electron chi connectivity index (χ0n) is 15.7. The Kier molecular flexibility index (Phi) is 5.91. The number of alkyl halides is 2. The summed E-state index contributed by atoms with van der Waals surface area (Å²) in [5.74, 6) is -1.03. The lowest BCUT2D eigenvalue weighted by atomic mass is 9.93. The van der Waals surface area contributed by atoms with Crippen molar-refractivity contribution in [1.29, 1.82) is 0 Å². The molecule has 0 spiro atoms. The van der Waals surface area contributed by atoms with Gasteiger partial charge in [0.05, 0.1) is 6.54 Å². The number of hydrogen-bond donors (Lipinski definition) is 1. The molecule has 0 bridgehead atoms. The zero-order valence-corrected chi connectivity index (χ0v) is 15.7. The van der Waals surface area contributed by atoms with Crippen LogP contribution in [-0.4, -0.2) is 41.3 Å². The van der Waals surface area contributed by atoms with Crippen LogP contribution in [0.25, 0.3) is 0 Å². The minimum absolute atomic E-state index is 0.0833. The number of urea groups is 1. The molecule has 0 radical (unpaired) electrons. The van der Waals surface area contributed by atoms with Crippen molar-refractivity contribution in [3.63, 3.8) is 0 Å². The molecule has 1 atom stereocenters. The number of carbonyl (C=O) groups excluding carboxylic acids is 3. The van der Waals surface area contributed by atoms with Crippen LogP contribution >= 0.6 is 0 Å². The summed E-state index contributed by atoms with van der Waals surface area (Å²) in [6.45, 7) is -1.76. The lowest BCUT2D eigenvalue weighted by Gasteiger charge is -2.21. The fraction of sp³-hybridized carbons (Fsp3) is 0.286. The van der Waals surface area contributed by atoms with Crippen LogP contribution < -0.4 is 10.1 Å². The number of nitrogens with one attached hydrogen (secondary N) is 1. The smallest absolute Gasteiger partial charge is 0.387 e. The third-order valence-corrected chi connectivity index (χ3v) is 4.80. The molecule has 2 aromatic carbocycles. The summed E-state index contributed by atoms with van der Waals surface area (Å²) in [7, 11) is 0. The van der Waals surface area contributed by atoms with Crippen LogP contribution in [0.3, 0.4) is 0 Å². The van der Waals surface area contributed by atoms with Gasteiger partial charge in [0.15, 0.2) is 5.78 Å². The van der Waals surface area contributed by atoms with Gasteiger partial charge in [-0.25, -0.2) is 4.79 Å². The Morgan fingerprint density at radius 2 is 1.76 bits per heavy atom. The van der Waals surface area contributed by atoms with Crippen LogP contribution in [0.5, 0.6) is 5.75 Å². The number of ether oxygens (including phenoxy) is 1. The van der Waals surface area contributed by atoms with Gasteiger partial charge in [-0.05, 0) is 49.6 Å². The van der Waals surface area contributed by atoms with Gasteiger partial charge in [0.2, 0.25) is 0 Å². The molecule has 0 unspecified atom stereocenters. The number of carbonyl (C=O) groups is 3. The standard InChI is InChI=1S/C21H20F2N2O4/c1-21(12-11-14-5-3-2-4-6-14)18(27)25(20(28)24-21)13-17(26)15-7-9-16(10-8-15)29-19(22)23/h2-10,19H,11-13H2,1H3,(H,24,28)/t21-/m0/s1. The number of Topliss-reactive ketones (excluding diaryl/α,β-unsaturated/α-hetero) is 1. The summed E-state index contributed by atoms with van der Waals surface area (Å²) in [4.78, 5) is 38.4. The molecule has 1 aliphatic heterocycles. The molecule has 29 heavy (non-hydrogen) atoms. The number of ketones is 1. The number of amides is 3. The van der Waals surface area contributed by atoms with Crippen LogP contribution in [-0.2, 0) is 11.2 Å². The number of benzene rings is 2. The highest BCUT2D eigenvalue weighted by Gasteiger charge is 2.47. The first-order valence-electron chi connectivity index (χ1n) is 9.04. The van der Waals surface area contributed by atoms with Crippen LogP contribution in [0, 0.1) is 0 Å². The van der Waals surface area contributed by atoms with Gasteiger partial charge in [-0.1, -0.05) is 30.3 Å². The highest BCUT2D eigenvalue weighted by Crippen LogP contribution is 2.24. The Labute approximate surface area is 166 Å². The van der Waals surface area contributed by atoms with Crippen molar-refractivity contribution in [2.24, 2.45) is 0 Å². The number of hydrogen-bond acceptors (Lipinski definition) is 4. The maximum absolute atomic E-state index is 12.8. The Morgan fingerprint density at radius 3 is 2.38 bits per heavy atom. The summed E-state index contributed by atoms with van der Waals surface area (Å²) in [5, 5.41) is 2.67. The minimum atomic E-state index is -2.96. The summed E-state index contributed by atoms with van der Waals surface area (Å²) < 4.78 is 28.6. The Hall–Kier alpha value is -3.29. The van der Waals surface area contributed by atoms with E-state index in [1.54, 1.807) is 6.92 Å². The van der Waals surface area contributed by atoms with Gasteiger partial charge in [-0.3, -0.25) is 14.5 Å². The molecule has 0 aromatic heterocycles. The summed E-state index contributed by atoms with van der Waals surface area (Å²) in [6.07, 6.45) is 0.989. The average molecular weight is 402 g/mol. The SMILES string of the molecule is C[C@@]1(CCc2ccccc2)NC(=O)N(CC(=O)c2ccc(OC(F)F)cc2)C1=O. The van der Waals surface area contributed by atoms with Gasteiger partial charge in [0, 0.05) is 5.56 Å². The first-order chi connectivity index (χ1) is 13.8. The molecule has 1 fully saturated rings. The van der Waals surface area contributed by atoms with Gasteiger partial charge in [-0.2, -0.15) is 8.78 Å². The van der Waals surface area contributed by atoms with E-state index in [1.807, 2.05) is 30.3 Å². The van der Waals surface area contributed by atoms with Crippen molar-refractivity contribution in [1.82, 2.24) is 10.2 Å². The molecule has 0 saturated carbocycles. The zero-order chi connectivity index (χ0) is 21.0. The van der Waals surface area contributed by atoms with Crippen molar-refractivity contribution in [3.05, 3.63) is 65.7 Å². The van der Waals surface area contributed by atoms with Crippen molar-refractivity contribution in [3.8, 4) is 5.75 Å². The van der Waals surface area contributed by atoms with Crippen LogP contribution in [0.15, 0.2) is 54.6 Å². The van der Waals surface area contributed by atoms with E-state index in [-0.39, 0.29) is 11.3 Å². The molecule has 1 saturated heterocycles. The van der Waals surface area contributed by atoms with Crippen LogP contribution in [0.2, 0.25) is 0 Å². The molecule has 6 nitrogen and oxygen atoms in total.